The van der Waals surface area contributed by atoms with E-state index in [9.17, 15) is 13.2 Å². The Balaban J connectivity index is 0.00000225. The zero-order chi connectivity index (χ0) is 18.9. The number of benzene rings is 1. The number of halogens is 1. The molecule has 2 atom stereocenters. The van der Waals surface area contributed by atoms with E-state index in [1.54, 1.807) is 0 Å². The average molecular weight is 428 g/mol. The monoisotopic (exact) mass is 427 g/mol. The summed E-state index contributed by atoms with van der Waals surface area (Å²) in [6.45, 7) is 1.81. The molecule has 6 nitrogen and oxygen atoms in total. The summed E-state index contributed by atoms with van der Waals surface area (Å²) >= 11 is 0. The molecule has 3 heterocycles. The second kappa shape index (κ2) is 9.11. The highest BCUT2D eigenvalue weighted by Gasteiger charge is 2.35. The topological polar surface area (TPSA) is 69.7 Å². The van der Waals surface area contributed by atoms with Crippen molar-refractivity contribution < 1.29 is 13.2 Å². The predicted molar refractivity (Wildman–Crippen MR) is 112 cm³/mol. The number of fused-ring (bicyclic) bond motifs is 2. The SMILES string of the molecule is Cl.O=C(CC1CC2CCC(C1)N2)N1CCN(S(=O)(=O)Cc2ccccc2)CC1. The number of hydrogen-bond donors (Lipinski definition) is 1. The van der Waals surface area contributed by atoms with Crippen LogP contribution in [0.4, 0.5) is 0 Å². The van der Waals surface area contributed by atoms with E-state index in [4.69, 9.17) is 0 Å². The maximum Gasteiger partial charge on any atom is 0.222 e. The van der Waals surface area contributed by atoms with Gasteiger partial charge in [-0.15, -0.1) is 12.4 Å². The zero-order valence-corrected chi connectivity index (χ0v) is 17.8. The van der Waals surface area contributed by atoms with Gasteiger partial charge >= 0.3 is 0 Å². The molecular weight excluding hydrogens is 398 g/mol. The minimum absolute atomic E-state index is 0. The van der Waals surface area contributed by atoms with Crippen molar-refractivity contribution >= 4 is 28.3 Å². The van der Waals surface area contributed by atoms with E-state index < -0.39 is 10.0 Å². The van der Waals surface area contributed by atoms with Crippen LogP contribution in [0.5, 0.6) is 0 Å². The number of sulfonamides is 1. The number of carbonyl (C=O) groups excluding carboxylic acids is 1. The van der Waals surface area contributed by atoms with E-state index in [1.165, 1.54) is 17.1 Å². The molecule has 0 spiro atoms. The lowest BCUT2D eigenvalue weighted by molar-refractivity contribution is -0.133. The Bertz CT molecular complexity index is 754. The number of hydrogen-bond acceptors (Lipinski definition) is 4. The molecule has 3 aliphatic heterocycles. The molecule has 1 aromatic carbocycles. The van der Waals surface area contributed by atoms with Crippen molar-refractivity contribution in [1.82, 2.24) is 14.5 Å². The Morgan fingerprint density at radius 2 is 1.61 bits per heavy atom. The number of amides is 1. The first-order valence-electron chi connectivity index (χ1n) is 10.1. The van der Waals surface area contributed by atoms with Crippen LogP contribution in [0.3, 0.4) is 0 Å². The van der Waals surface area contributed by atoms with Crippen LogP contribution in [-0.4, -0.2) is 61.8 Å². The molecule has 3 saturated heterocycles. The summed E-state index contributed by atoms with van der Waals surface area (Å²) in [5.74, 6) is 0.706. The third kappa shape index (κ3) is 5.06. The predicted octanol–water partition coefficient (Wildman–Crippen LogP) is 2.00. The van der Waals surface area contributed by atoms with Gasteiger partial charge in [0.25, 0.3) is 0 Å². The van der Waals surface area contributed by atoms with Crippen LogP contribution < -0.4 is 5.32 Å². The molecule has 28 heavy (non-hydrogen) atoms. The van der Waals surface area contributed by atoms with Crippen LogP contribution in [-0.2, 0) is 20.6 Å². The van der Waals surface area contributed by atoms with Gasteiger partial charge in [0, 0.05) is 44.7 Å². The fraction of sp³-hybridized carbons (Fsp3) is 0.650. The molecule has 8 heteroatoms. The third-order valence-electron chi connectivity index (χ3n) is 6.21. The maximum absolute atomic E-state index is 12.7. The molecule has 1 aromatic rings. The van der Waals surface area contributed by atoms with Crippen molar-refractivity contribution in [2.24, 2.45) is 5.92 Å². The summed E-state index contributed by atoms with van der Waals surface area (Å²) in [6.07, 6.45) is 5.31. The second-order valence-electron chi connectivity index (χ2n) is 8.20. The van der Waals surface area contributed by atoms with Gasteiger partial charge in [-0.2, -0.15) is 4.31 Å². The molecule has 0 aromatic heterocycles. The zero-order valence-electron chi connectivity index (χ0n) is 16.1. The summed E-state index contributed by atoms with van der Waals surface area (Å²) < 4.78 is 26.8. The Morgan fingerprint density at radius 3 is 2.21 bits per heavy atom. The fourth-order valence-corrected chi connectivity index (χ4v) is 6.33. The highest BCUT2D eigenvalue weighted by Crippen LogP contribution is 2.33. The molecule has 2 bridgehead atoms. The van der Waals surface area contributed by atoms with Gasteiger partial charge in [-0.3, -0.25) is 4.79 Å². The highest BCUT2D eigenvalue weighted by molar-refractivity contribution is 7.88. The molecule has 3 aliphatic rings. The third-order valence-corrected chi connectivity index (χ3v) is 8.06. The first-order chi connectivity index (χ1) is 13.0. The van der Waals surface area contributed by atoms with Gasteiger partial charge in [-0.05, 0) is 37.2 Å². The van der Waals surface area contributed by atoms with E-state index in [0.29, 0.717) is 50.6 Å². The van der Waals surface area contributed by atoms with Crippen molar-refractivity contribution in [2.45, 2.75) is 49.9 Å². The van der Waals surface area contributed by atoms with Gasteiger partial charge in [0.05, 0.1) is 5.75 Å². The summed E-state index contributed by atoms with van der Waals surface area (Å²) in [5.41, 5.74) is 0.802. The second-order valence-corrected chi connectivity index (χ2v) is 10.2. The molecule has 0 radical (unpaired) electrons. The van der Waals surface area contributed by atoms with Gasteiger partial charge in [0.2, 0.25) is 15.9 Å². The summed E-state index contributed by atoms with van der Waals surface area (Å²) in [4.78, 5) is 14.5. The van der Waals surface area contributed by atoms with Crippen LogP contribution in [0, 0.1) is 5.92 Å². The van der Waals surface area contributed by atoms with Crippen molar-refractivity contribution in [3.05, 3.63) is 35.9 Å². The largest absolute Gasteiger partial charge is 0.340 e. The van der Waals surface area contributed by atoms with Crippen LogP contribution in [0.25, 0.3) is 0 Å². The fourth-order valence-electron chi connectivity index (χ4n) is 4.81. The van der Waals surface area contributed by atoms with Crippen LogP contribution in [0.2, 0.25) is 0 Å². The normalized spacial score (nSPS) is 28.0. The summed E-state index contributed by atoms with van der Waals surface area (Å²) in [5, 5.41) is 3.62. The number of carbonyl (C=O) groups is 1. The molecule has 4 rings (SSSR count). The van der Waals surface area contributed by atoms with Crippen molar-refractivity contribution in [3.63, 3.8) is 0 Å². The van der Waals surface area contributed by atoms with Gasteiger partial charge in [-0.1, -0.05) is 30.3 Å². The minimum Gasteiger partial charge on any atom is -0.340 e. The molecular formula is C20H30ClN3O3S. The first-order valence-corrected chi connectivity index (χ1v) is 11.7. The van der Waals surface area contributed by atoms with Gasteiger partial charge in [0.15, 0.2) is 0 Å². The van der Waals surface area contributed by atoms with E-state index in [1.807, 2.05) is 35.2 Å². The Labute approximate surface area is 174 Å². The van der Waals surface area contributed by atoms with Crippen molar-refractivity contribution in [2.75, 3.05) is 26.2 Å². The van der Waals surface area contributed by atoms with E-state index in [2.05, 4.69) is 5.32 Å². The van der Waals surface area contributed by atoms with E-state index in [0.717, 1.165) is 18.4 Å². The number of rotatable bonds is 5. The lowest BCUT2D eigenvalue weighted by atomic mass is 9.89. The Hall–Kier alpha value is -1.15. The van der Waals surface area contributed by atoms with Gasteiger partial charge in [-0.25, -0.2) is 8.42 Å². The molecule has 0 aliphatic carbocycles. The van der Waals surface area contributed by atoms with E-state index >= 15 is 0 Å². The quantitative estimate of drug-likeness (QED) is 0.780. The molecule has 156 valence electrons. The smallest absolute Gasteiger partial charge is 0.222 e. The molecule has 1 amide bonds. The van der Waals surface area contributed by atoms with Crippen LogP contribution in [0.1, 0.15) is 37.7 Å². The Kier molecular flexibility index (Phi) is 7.02. The molecule has 3 fully saturated rings. The average Bonchev–Trinajstić information content (AvgIpc) is 3.00. The van der Waals surface area contributed by atoms with Crippen molar-refractivity contribution in [3.8, 4) is 0 Å². The van der Waals surface area contributed by atoms with Gasteiger partial charge < -0.3 is 10.2 Å². The molecule has 0 saturated carbocycles. The minimum atomic E-state index is -3.33. The number of nitrogens with one attached hydrogen (secondary N) is 1. The van der Waals surface area contributed by atoms with E-state index in [-0.39, 0.29) is 24.1 Å². The molecule has 1 N–H and O–H groups in total. The number of piperidine rings is 1. The maximum atomic E-state index is 12.7. The highest BCUT2D eigenvalue weighted by atomic mass is 35.5. The van der Waals surface area contributed by atoms with Crippen LogP contribution >= 0.6 is 12.4 Å². The first kappa shape index (κ1) is 21.6. The van der Waals surface area contributed by atoms with Crippen molar-refractivity contribution in [1.29, 1.82) is 0 Å². The van der Waals surface area contributed by atoms with Gasteiger partial charge in [0.1, 0.15) is 0 Å². The molecule has 2 unspecified atom stereocenters. The summed E-state index contributed by atoms with van der Waals surface area (Å²) in [6, 6.07) is 10.5. The Morgan fingerprint density at radius 1 is 1.00 bits per heavy atom. The standard InChI is InChI=1S/C20H29N3O3S.ClH/c24-20(14-17-12-18-6-7-19(13-17)21-18)22-8-10-23(11-9-22)27(25,26)15-16-4-2-1-3-5-16;/h1-5,17-19,21H,6-15H2;1H. The van der Waals surface area contributed by atoms with Crippen LogP contribution in [0.15, 0.2) is 30.3 Å². The summed E-state index contributed by atoms with van der Waals surface area (Å²) in [7, 11) is -3.33. The lowest BCUT2D eigenvalue weighted by Gasteiger charge is -2.36. The lowest BCUT2D eigenvalue weighted by Crippen LogP contribution is -2.51. The number of nitrogens with zero attached hydrogens (tertiary/aromatic N) is 2. The number of piperazine rings is 1.